The lowest BCUT2D eigenvalue weighted by molar-refractivity contribution is 0.527. The Labute approximate surface area is 89.6 Å². The molecule has 0 bridgehead atoms. The Morgan fingerprint density at radius 2 is 1.07 bits per heavy atom. The summed E-state index contributed by atoms with van der Waals surface area (Å²) in [5.74, 6) is 0.261. The van der Waals surface area contributed by atoms with Crippen LogP contribution < -0.4 is 0 Å². The maximum Gasteiger partial charge on any atom is 0.164 e. The molecule has 0 aromatic heterocycles. The van der Waals surface area contributed by atoms with Gasteiger partial charge in [0, 0.05) is 11.8 Å². The second kappa shape index (κ2) is 2.95. The molecule has 0 N–H and O–H groups in total. The molecular weight excluding hydrogens is 208 g/mol. The largest absolute Gasteiger partial charge is 0.228 e. The van der Waals surface area contributed by atoms with E-state index in [1.807, 2.05) is 48.6 Å². The average Bonchev–Trinajstić information content (AvgIpc) is 2.51. The van der Waals surface area contributed by atoms with Crippen LogP contribution in [0.15, 0.2) is 48.6 Å². The van der Waals surface area contributed by atoms with Gasteiger partial charge in [0.05, 0.1) is 10.5 Å². The average molecular weight is 220 g/mol. The molecule has 1 aliphatic heterocycles. The molecule has 1 fully saturated rings. The molecule has 78 valence electrons. The Morgan fingerprint density at radius 1 is 0.667 bits per heavy atom. The van der Waals surface area contributed by atoms with E-state index in [2.05, 4.69) is 0 Å². The molecule has 0 saturated carbocycles. The molecule has 3 heteroatoms. The van der Waals surface area contributed by atoms with Gasteiger partial charge in [0.25, 0.3) is 0 Å². The summed E-state index contributed by atoms with van der Waals surface area (Å²) >= 11 is 0. The summed E-state index contributed by atoms with van der Waals surface area (Å²) < 4.78 is 24.4. The van der Waals surface area contributed by atoms with Gasteiger partial charge in [-0.1, -0.05) is 48.6 Å². The molecular formula is C12H12O2S. The molecule has 1 saturated heterocycles. The Kier molecular flexibility index (Phi) is 1.80. The first kappa shape index (κ1) is 9.16. The van der Waals surface area contributed by atoms with Crippen LogP contribution in [0.3, 0.4) is 0 Å². The van der Waals surface area contributed by atoms with Crippen LogP contribution in [-0.4, -0.2) is 18.9 Å². The summed E-state index contributed by atoms with van der Waals surface area (Å²) in [5.41, 5.74) is 0. The fourth-order valence-electron chi connectivity index (χ4n) is 2.74. The maximum absolute atomic E-state index is 12.2. The van der Waals surface area contributed by atoms with Crippen LogP contribution in [0.4, 0.5) is 0 Å². The molecule has 2 nitrogen and oxygen atoms in total. The van der Waals surface area contributed by atoms with E-state index in [1.54, 1.807) is 0 Å². The molecule has 1 heterocycles. The summed E-state index contributed by atoms with van der Waals surface area (Å²) in [6, 6.07) is 0. The fourth-order valence-corrected chi connectivity index (χ4v) is 5.14. The number of sulfone groups is 1. The minimum atomic E-state index is -3.02. The third-order valence-electron chi connectivity index (χ3n) is 3.45. The Balaban J connectivity index is 2.16. The number of allylic oxidation sites excluding steroid dienone is 6. The summed E-state index contributed by atoms with van der Waals surface area (Å²) in [6.45, 7) is 0. The van der Waals surface area contributed by atoms with Crippen molar-refractivity contribution in [2.24, 2.45) is 11.8 Å². The van der Waals surface area contributed by atoms with Gasteiger partial charge >= 0.3 is 0 Å². The lowest BCUT2D eigenvalue weighted by Crippen LogP contribution is -2.23. The second-order valence-corrected chi connectivity index (χ2v) is 6.48. The van der Waals surface area contributed by atoms with Gasteiger partial charge in [0.2, 0.25) is 0 Å². The smallest absolute Gasteiger partial charge is 0.164 e. The molecule has 0 aromatic rings. The molecule has 3 aliphatic rings. The van der Waals surface area contributed by atoms with E-state index in [-0.39, 0.29) is 22.3 Å². The number of fused-ring (bicyclic) bond motifs is 3. The SMILES string of the molecule is O=S1(=O)[C@@H]2C=CC=C[C@H]2[C@H]2C=CC=C[C@@H]21. The molecule has 15 heavy (non-hydrogen) atoms. The van der Waals surface area contributed by atoms with Gasteiger partial charge in [0.15, 0.2) is 9.84 Å². The minimum absolute atomic E-state index is 0.131. The summed E-state index contributed by atoms with van der Waals surface area (Å²) in [6.07, 6.45) is 15.3. The van der Waals surface area contributed by atoms with E-state index in [0.717, 1.165) is 0 Å². The first-order chi connectivity index (χ1) is 7.21. The van der Waals surface area contributed by atoms with E-state index in [9.17, 15) is 8.42 Å². The zero-order valence-corrected chi connectivity index (χ0v) is 8.97. The lowest BCUT2D eigenvalue weighted by atomic mass is 9.83. The monoisotopic (exact) mass is 220 g/mol. The van der Waals surface area contributed by atoms with Gasteiger partial charge in [-0.15, -0.1) is 0 Å². The molecule has 4 atom stereocenters. The fraction of sp³-hybridized carbons (Fsp3) is 0.333. The maximum atomic E-state index is 12.2. The van der Waals surface area contributed by atoms with Crippen LogP contribution in [0.1, 0.15) is 0 Å². The summed E-state index contributed by atoms with van der Waals surface area (Å²) in [7, 11) is -3.02. The third kappa shape index (κ3) is 1.13. The van der Waals surface area contributed by atoms with E-state index in [1.165, 1.54) is 0 Å². The van der Waals surface area contributed by atoms with Crippen molar-refractivity contribution in [1.82, 2.24) is 0 Å². The van der Waals surface area contributed by atoms with Crippen molar-refractivity contribution in [1.29, 1.82) is 0 Å². The van der Waals surface area contributed by atoms with Crippen molar-refractivity contribution in [2.75, 3.05) is 0 Å². The van der Waals surface area contributed by atoms with Crippen LogP contribution in [0.2, 0.25) is 0 Å². The summed E-state index contributed by atoms with van der Waals surface area (Å²) in [5, 5.41) is -0.630. The van der Waals surface area contributed by atoms with Crippen molar-refractivity contribution in [3.8, 4) is 0 Å². The zero-order chi connectivity index (χ0) is 10.5. The Bertz CT molecular complexity index is 454. The predicted molar refractivity (Wildman–Crippen MR) is 60.0 cm³/mol. The molecule has 0 amide bonds. The van der Waals surface area contributed by atoms with Gasteiger partial charge in [-0.3, -0.25) is 0 Å². The van der Waals surface area contributed by atoms with Gasteiger partial charge in [-0.25, -0.2) is 8.42 Å². The Morgan fingerprint density at radius 3 is 1.53 bits per heavy atom. The van der Waals surface area contributed by atoms with Gasteiger partial charge in [-0.05, 0) is 0 Å². The summed E-state index contributed by atoms with van der Waals surface area (Å²) in [4.78, 5) is 0. The predicted octanol–water partition coefficient (Wildman–Crippen LogP) is 1.64. The first-order valence-corrected chi connectivity index (χ1v) is 6.75. The van der Waals surface area contributed by atoms with Crippen LogP contribution >= 0.6 is 0 Å². The second-order valence-electron chi connectivity index (χ2n) is 4.21. The van der Waals surface area contributed by atoms with E-state index in [4.69, 9.17) is 0 Å². The van der Waals surface area contributed by atoms with Crippen molar-refractivity contribution >= 4 is 9.84 Å². The van der Waals surface area contributed by atoms with E-state index < -0.39 is 9.84 Å². The van der Waals surface area contributed by atoms with Gasteiger partial charge in [-0.2, -0.15) is 0 Å². The van der Waals surface area contributed by atoms with E-state index in [0.29, 0.717) is 0 Å². The molecule has 2 aliphatic carbocycles. The zero-order valence-electron chi connectivity index (χ0n) is 8.15. The van der Waals surface area contributed by atoms with Crippen LogP contribution in [0.5, 0.6) is 0 Å². The van der Waals surface area contributed by atoms with Crippen LogP contribution in [0.25, 0.3) is 0 Å². The highest BCUT2D eigenvalue weighted by molar-refractivity contribution is 7.93. The molecule has 0 radical (unpaired) electrons. The van der Waals surface area contributed by atoms with Crippen LogP contribution in [-0.2, 0) is 9.84 Å². The number of hydrogen-bond acceptors (Lipinski definition) is 2. The first-order valence-electron chi connectivity index (χ1n) is 5.14. The van der Waals surface area contributed by atoms with Crippen molar-refractivity contribution in [3.05, 3.63) is 48.6 Å². The van der Waals surface area contributed by atoms with Gasteiger partial charge < -0.3 is 0 Å². The number of hydrogen-bond donors (Lipinski definition) is 0. The number of rotatable bonds is 0. The highest BCUT2D eigenvalue weighted by Gasteiger charge is 2.51. The standard InChI is InChI=1S/C12H12O2S/c13-15(14)11-7-3-1-5-9(11)10-6-2-4-8-12(10)15/h1-12H/t9-,10+,11+,12-. The van der Waals surface area contributed by atoms with Crippen molar-refractivity contribution < 1.29 is 8.42 Å². The molecule has 0 aromatic carbocycles. The van der Waals surface area contributed by atoms with Crippen molar-refractivity contribution in [3.63, 3.8) is 0 Å². The highest BCUT2D eigenvalue weighted by Crippen LogP contribution is 2.43. The van der Waals surface area contributed by atoms with Crippen molar-refractivity contribution in [2.45, 2.75) is 10.5 Å². The molecule has 0 spiro atoms. The minimum Gasteiger partial charge on any atom is -0.228 e. The lowest BCUT2D eigenvalue weighted by Gasteiger charge is -2.19. The van der Waals surface area contributed by atoms with Gasteiger partial charge in [0.1, 0.15) is 0 Å². The topological polar surface area (TPSA) is 34.1 Å². The highest BCUT2D eigenvalue weighted by atomic mass is 32.2. The quantitative estimate of drug-likeness (QED) is 0.622. The van der Waals surface area contributed by atoms with Crippen LogP contribution in [0, 0.1) is 11.8 Å². The third-order valence-corrected chi connectivity index (χ3v) is 5.91. The van der Waals surface area contributed by atoms with E-state index >= 15 is 0 Å². The Hall–Kier alpha value is -1.09. The normalized spacial score (nSPS) is 44.0. The molecule has 3 rings (SSSR count). The molecule has 0 unspecified atom stereocenters.